The van der Waals surface area contributed by atoms with Crippen molar-refractivity contribution in [2.75, 3.05) is 26.3 Å². The lowest BCUT2D eigenvalue weighted by molar-refractivity contribution is -0.139. The van der Waals surface area contributed by atoms with Crippen molar-refractivity contribution in [3.05, 3.63) is 95.6 Å². The zero-order valence-corrected chi connectivity index (χ0v) is 25.8. The zero-order chi connectivity index (χ0) is 32.2. The third kappa shape index (κ3) is 16.4. The molecule has 10 nitrogen and oxygen atoms in total. The molecule has 2 rings (SSSR count). The van der Waals surface area contributed by atoms with Crippen molar-refractivity contribution in [3.63, 3.8) is 0 Å². The predicted octanol–water partition coefficient (Wildman–Crippen LogP) is 6.41. The van der Waals surface area contributed by atoms with Crippen molar-refractivity contribution < 1.29 is 41.0 Å². The van der Waals surface area contributed by atoms with E-state index in [1.54, 1.807) is 6.92 Å². The topological polar surface area (TPSA) is 129 Å². The highest BCUT2D eigenvalue weighted by molar-refractivity contribution is 5.86. The lowest BCUT2D eigenvalue weighted by Gasteiger charge is -2.10. The molecular formula is C33H48N2O8. The summed E-state index contributed by atoms with van der Waals surface area (Å²) in [5.41, 5.74) is 4.61. The van der Waals surface area contributed by atoms with Gasteiger partial charge in [-0.05, 0) is 41.0 Å². The van der Waals surface area contributed by atoms with Crippen LogP contribution < -0.4 is 10.6 Å². The maximum atomic E-state index is 11.5. The lowest BCUT2D eigenvalue weighted by atomic mass is 10.0. The van der Waals surface area contributed by atoms with E-state index in [4.69, 9.17) is 18.9 Å². The first-order chi connectivity index (χ1) is 20.4. The molecule has 2 aromatic rings. The Morgan fingerprint density at radius 2 is 1.21 bits per heavy atom. The monoisotopic (exact) mass is 600 g/mol. The Hall–Kier alpha value is -4.60. The second-order valence-electron chi connectivity index (χ2n) is 10.1. The third-order valence-corrected chi connectivity index (χ3v) is 5.71. The second kappa shape index (κ2) is 20.3. The first-order valence-electron chi connectivity index (χ1n) is 14.0. The normalized spacial score (nSPS) is 10.1. The van der Waals surface area contributed by atoms with Crippen molar-refractivity contribution in [2.45, 2.75) is 59.7 Å². The van der Waals surface area contributed by atoms with Gasteiger partial charge in [-0.2, -0.15) is 0 Å². The molecular weight excluding hydrogens is 552 g/mol. The van der Waals surface area contributed by atoms with Crippen molar-refractivity contribution in [2.24, 2.45) is 0 Å². The van der Waals surface area contributed by atoms with Crippen LogP contribution in [0.25, 0.3) is 0 Å². The van der Waals surface area contributed by atoms with E-state index in [9.17, 15) is 19.2 Å². The Morgan fingerprint density at radius 1 is 0.767 bits per heavy atom. The summed E-state index contributed by atoms with van der Waals surface area (Å²) in [6, 6.07) is 15.8. The van der Waals surface area contributed by atoms with Gasteiger partial charge in [-0.1, -0.05) is 89.4 Å². The van der Waals surface area contributed by atoms with Crippen LogP contribution in [0.1, 0.15) is 71.6 Å². The van der Waals surface area contributed by atoms with Crippen LogP contribution in [0.15, 0.2) is 73.3 Å². The molecule has 0 aliphatic carbocycles. The number of ether oxygens (including phenoxy) is 4. The SMILES string of the molecule is C=C(C)C(=O)OCCNC(=O)OCc1cccc(C(C)C)c1.C=CC(=O)OCCNC(=O)OCc1cccc(C(C)C)c1.[HH].[HH]. The fourth-order valence-electron chi connectivity index (χ4n) is 3.27. The van der Waals surface area contributed by atoms with Crippen LogP contribution in [0.5, 0.6) is 0 Å². The molecule has 0 saturated heterocycles. The molecule has 2 N–H and O–H groups in total. The van der Waals surface area contributed by atoms with Crippen LogP contribution in [-0.4, -0.2) is 50.4 Å². The van der Waals surface area contributed by atoms with Gasteiger partial charge in [0, 0.05) is 14.5 Å². The van der Waals surface area contributed by atoms with Crippen LogP contribution in [0.4, 0.5) is 9.59 Å². The molecule has 0 atom stereocenters. The van der Waals surface area contributed by atoms with Crippen LogP contribution in [0.2, 0.25) is 0 Å². The molecule has 0 radical (unpaired) electrons. The summed E-state index contributed by atoms with van der Waals surface area (Å²) in [5.74, 6) is -0.133. The van der Waals surface area contributed by atoms with Gasteiger partial charge in [0.05, 0.1) is 13.1 Å². The molecule has 0 spiro atoms. The van der Waals surface area contributed by atoms with Crippen LogP contribution >= 0.6 is 0 Å². The first kappa shape index (κ1) is 36.4. The van der Waals surface area contributed by atoms with Gasteiger partial charge in [0.2, 0.25) is 0 Å². The number of hydrogen-bond acceptors (Lipinski definition) is 8. The van der Waals surface area contributed by atoms with Gasteiger partial charge >= 0.3 is 24.1 Å². The summed E-state index contributed by atoms with van der Waals surface area (Å²) >= 11 is 0. The molecule has 10 heteroatoms. The number of hydrogen-bond donors (Lipinski definition) is 2. The number of carbonyl (C=O) groups is 4. The van der Waals surface area contributed by atoms with Crippen LogP contribution in [0, 0.1) is 0 Å². The highest BCUT2D eigenvalue weighted by atomic mass is 16.6. The number of amides is 2. The largest absolute Gasteiger partial charge is 0.461 e. The molecule has 0 saturated carbocycles. The molecule has 0 bridgehead atoms. The lowest BCUT2D eigenvalue weighted by Crippen LogP contribution is -2.28. The minimum absolute atomic E-state index is 0. The van der Waals surface area contributed by atoms with Gasteiger partial charge in [0.15, 0.2) is 0 Å². The Kier molecular flexibility index (Phi) is 17.2. The van der Waals surface area contributed by atoms with Crippen molar-refractivity contribution >= 4 is 24.1 Å². The first-order valence-corrected chi connectivity index (χ1v) is 14.0. The molecule has 0 heterocycles. The molecule has 43 heavy (non-hydrogen) atoms. The van der Waals surface area contributed by atoms with Crippen molar-refractivity contribution in [1.82, 2.24) is 10.6 Å². The van der Waals surface area contributed by atoms with Gasteiger partial charge in [0.25, 0.3) is 0 Å². The average Bonchev–Trinajstić information content (AvgIpc) is 2.99. The van der Waals surface area contributed by atoms with E-state index in [1.807, 2.05) is 48.5 Å². The number of carbonyl (C=O) groups excluding carboxylic acids is 4. The van der Waals surface area contributed by atoms with E-state index in [1.165, 1.54) is 11.1 Å². The van der Waals surface area contributed by atoms with Crippen molar-refractivity contribution in [3.8, 4) is 0 Å². The standard InChI is InChI=1S/C17H23NO4.C16H21NO4.2H2/c1-12(2)15-7-5-6-14(10-15)11-22-17(20)18-8-9-21-16(19)13(3)4;1-4-15(18)20-9-8-17-16(19)21-11-13-6-5-7-14(10-13)12(2)3;;/h5-7,10,12H,3,8-9,11H2,1-2,4H3,(H,18,20);4-7,10,12H,1,8-9,11H2,2-3H3,(H,17,19);2*1H. The average molecular weight is 601 g/mol. The highest BCUT2D eigenvalue weighted by Gasteiger charge is 2.07. The minimum Gasteiger partial charge on any atom is -0.461 e. The molecule has 0 aliphatic rings. The molecule has 0 aliphatic heterocycles. The Bertz CT molecular complexity index is 1230. The fourth-order valence-corrected chi connectivity index (χ4v) is 3.27. The second-order valence-corrected chi connectivity index (χ2v) is 10.1. The van der Waals surface area contributed by atoms with Gasteiger partial charge in [-0.15, -0.1) is 0 Å². The number of benzene rings is 2. The maximum absolute atomic E-state index is 11.5. The van der Waals surface area contributed by atoms with E-state index in [0.717, 1.165) is 17.2 Å². The quantitative estimate of drug-likeness (QED) is 0.110. The maximum Gasteiger partial charge on any atom is 0.407 e. The van der Waals surface area contributed by atoms with Gasteiger partial charge < -0.3 is 29.6 Å². The number of esters is 2. The van der Waals surface area contributed by atoms with E-state index in [2.05, 4.69) is 51.5 Å². The van der Waals surface area contributed by atoms with Gasteiger partial charge in [-0.3, -0.25) is 0 Å². The molecule has 0 unspecified atom stereocenters. The number of nitrogens with one attached hydrogen (secondary N) is 2. The highest BCUT2D eigenvalue weighted by Crippen LogP contribution is 2.17. The zero-order valence-electron chi connectivity index (χ0n) is 25.8. The Labute approximate surface area is 257 Å². The van der Waals surface area contributed by atoms with Crippen LogP contribution in [0.3, 0.4) is 0 Å². The van der Waals surface area contributed by atoms with Gasteiger partial charge in [-0.25, -0.2) is 19.2 Å². The summed E-state index contributed by atoms with van der Waals surface area (Å²) in [6.07, 6.45) is -0.0130. The molecule has 2 amide bonds. The van der Waals surface area contributed by atoms with Crippen LogP contribution in [-0.2, 0) is 41.8 Å². The van der Waals surface area contributed by atoms with E-state index in [0.29, 0.717) is 17.4 Å². The Morgan fingerprint density at radius 3 is 1.60 bits per heavy atom. The van der Waals surface area contributed by atoms with E-state index in [-0.39, 0.29) is 42.4 Å². The smallest absolute Gasteiger partial charge is 0.407 e. The Balaban J connectivity index is 0. The molecule has 2 aromatic carbocycles. The molecule has 0 aromatic heterocycles. The minimum atomic E-state index is -0.542. The summed E-state index contributed by atoms with van der Waals surface area (Å²) in [5, 5.41) is 5.01. The fraction of sp³-hybridized carbons (Fsp3) is 0.394. The van der Waals surface area contributed by atoms with Gasteiger partial charge in [0.1, 0.15) is 26.4 Å². The summed E-state index contributed by atoms with van der Waals surface area (Å²) in [6.45, 7) is 17.7. The van der Waals surface area contributed by atoms with E-state index < -0.39 is 24.1 Å². The summed E-state index contributed by atoms with van der Waals surface area (Å²) in [4.78, 5) is 44.9. The van der Waals surface area contributed by atoms with E-state index >= 15 is 0 Å². The predicted molar refractivity (Wildman–Crippen MR) is 169 cm³/mol. The molecule has 0 fully saturated rings. The number of alkyl carbamates (subject to hydrolysis) is 2. The third-order valence-electron chi connectivity index (χ3n) is 5.71. The molecule has 238 valence electrons. The number of rotatable bonds is 14. The van der Waals surface area contributed by atoms with Crippen molar-refractivity contribution in [1.29, 1.82) is 0 Å². The summed E-state index contributed by atoms with van der Waals surface area (Å²) in [7, 11) is 0. The summed E-state index contributed by atoms with van der Waals surface area (Å²) < 4.78 is 19.8.